The van der Waals surface area contributed by atoms with Crippen LogP contribution in [0, 0.1) is 17.1 Å². The van der Waals surface area contributed by atoms with Crippen molar-refractivity contribution in [3.8, 4) is 11.8 Å². The minimum atomic E-state index is -0.723. The summed E-state index contributed by atoms with van der Waals surface area (Å²) in [4.78, 5) is 15.5. The van der Waals surface area contributed by atoms with Crippen molar-refractivity contribution >= 4 is 11.6 Å². The van der Waals surface area contributed by atoms with Gasteiger partial charge in [0.2, 0.25) is 0 Å². The molecule has 1 aromatic heterocycles. The number of halogens is 1. The number of hydrogen-bond acceptors (Lipinski definition) is 4. The first-order valence-corrected chi connectivity index (χ1v) is 5.26. The van der Waals surface area contributed by atoms with Gasteiger partial charge >= 0.3 is 0 Å². The van der Waals surface area contributed by atoms with Crippen molar-refractivity contribution in [1.29, 1.82) is 5.26 Å². The van der Waals surface area contributed by atoms with E-state index < -0.39 is 11.7 Å². The van der Waals surface area contributed by atoms with E-state index in [0.717, 1.165) is 12.3 Å². The van der Waals surface area contributed by atoms with Gasteiger partial charge in [0, 0.05) is 6.20 Å². The van der Waals surface area contributed by atoms with Gasteiger partial charge in [-0.05, 0) is 18.2 Å². The van der Waals surface area contributed by atoms with E-state index in [-0.39, 0.29) is 22.6 Å². The summed E-state index contributed by atoms with van der Waals surface area (Å²) in [6, 6.07) is 6.88. The molecule has 0 fully saturated rings. The van der Waals surface area contributed by atoms with Crippen molar-refractivity contribution in [2.24, 2.45) is 0 Å². The maximum Gasteiger partial charge on any atom is 0.259 e. The first-order valence-electron chi connectivity index (χ1n) is 5.26. The third-order valence-corrected chi connectivity index (χ3v) is 2.42. The first kappa shape index (κ1) is 12.5. The van der Waals surface area contributed by atoms with Gasteiger partial charge in [-0.25, -0.2) is 4.39 Å². The Labute approximate surface area is 108 Å². The van der Waals surface area contributed by atoms with Crippen LogP contribution < -0.4 is 5.32 Å². The SMILES string of the molecule is N#Cc1c(F)cccc1NC(=O)c1ccncc1O. The average Bonchev–Trinajstić information content (AvgIpc) is 2.39. The van der Waals surface area contributed by atoms with Crippen molar-refractivity contribution in [2.75, 3.05) is 5.32 Å². The predicted octanol–water partition coefficient (Wildman–Crippen LogP) is 2.05. The fourth-order valence-corrected chi connectivity index (χ4v) is 1.51. The molecule has 2 rings (SSSR count). The Morgan fingerprint density at radius 1 is 1.42 bits per heavy atom. The molecule has 6 heteroatoms. The van der Waals surface area contributed by atoms with Gasteiger partial charge in [-0.3, -0.25) is 9.78 Å². The third-order valence-electron chi connectivity index (χ3n) is 2.42. The van der Waals surface area contributed by atoms with E-state index in [1.165, 1.54) is 24.4 Å². The summed E-state index contributed by atoms with van der Waals surface area (Å²) in [5.41, 5.74) is -0.226. The molecule has 1 amide bonds. The molecule has 0 radical (unpaired) electrons. The molecule has 94 valence electrons. The molecular weight excluding hydrogens is 249 g/mol. The molecule has 19 heavy (non-hydrogen) atoms. The quantitative estimate of drug-likeness (QED) is 0.862. The van der Waals surface area contributed by atoms with Gasteiger partial charge in [-0.1, -0.05) is 6.07 Å². The third kappa shape index (κ3) is 2.50. The molecular formula is C13H8FN3O2. The van der Waals surface area contributed by atoms with Gasteiger partial charge in [0.25, 0.3) is 5.91 Å². The average molecular weight is 257 g/mol. The number of aromatic hydroxyl groups is 1. The highest BCUT2D eigenvalue weighted by molar-refractivity contribution is 6.06. The number of rotatable bonds is 2. The topological polar surface area (TPSA) is 86.0 Å². The fourth-order valence-electron chi connectivity index (χ4n) is 1.51. The van der Waals surface area contributed by atoms with E-state index in [2.05, 4.69) is 10.3 Å². The lowest BCUT2D eigenvalue weighted by Crippen LogP contribution is -2.13. The Morgan fingerprint density at radius 2 is 2.21 bits per heavy atom. The van der Waals surface area contributed by atoms with Crippen molar-refractivity contribution in [3.05, 3.63) is 53.6 Å². The molecule has 0 bridgehead atoms. The molecule has 2 N–H and O–H groups in total. The number of carbonyl (C=O) groups is 1. The van der Waals surface area contributed by atoms with E-state index in [4.69, 9.17) is 5.26 Å². The Bertz CT molecular complexity index is 680. The van der Waals surface area contributed by atoms with Crippen LogP contribution in [0.15, 0.2) is 36.7 Å². The zero-order valence-electron chi connectivity index (χ0n) is 9.59. The molecule has 2 aromatic rings. The molecule has 0 atom stereocenters. The molecule has 0 aliphatic carbocycles. The molecule has 5 nitrogen and oxygen atoms in total. The summed E-state index contributed by atoms with van der Waals surface area (Å²) in [6.07, 6.45) is 2.46. The van der Waals surface area contributed by atoms with Gasteiger partial charge in [-0.2, -0.15) is 5.26 Å². The van der Waals surface area contributed by atoms with E-state index in [0.29, 0.717) is 0 Å². The number of carbonyl (C=O) groups excluding carboxylic acids is 1. The van der Waals surface area contributed by atoms with E-state index in [9.17, 15) is 14.3 Å². The zero-order valence-corrected chi connectivity index (χ0v) is 9.59. The van der Waals surface area contributed by atoms with Crippen molar-refractivity contribution in [1.82, 2.24) is 4.98 Å². The lowest BCUT2D eigenvalue weighted by Gasteiger charge is -2.08. The number of hydrogen-bond donors (Lipinski definition) is 2. The Morgan fingerprint density at radius 3 is 2.89 bits per heavy atom. The number of aromatic nitrogens is 1. The second-order valence-corrected chi connectivity index (χ2v) is 3.62. The molecule has 0 saturated carbocycles. The number of nitrogens with zero attached hydrogens (tertiary/aromatic N) is 2. The minimum Gasteiger partial charge on any atom is -0.505 e. The highest BCUT2D eigenvalue weighted by Crippen LogP contribution is 2.20. The number of amides is 1. The molecule has 0 spiro atoms. The van der Waals surface area contributed by atoms with Crippen LogP contribution in [0.1, 0.15) is 15.9 Å². The van der Waals surface area contributed by atoms with E-state index in [1.54, 1.807) is 6.07 Å². The maximum atomic E-state index is 13.3. The Kier molecular flexibility index (Phi) is 3.39. The summed E-state index contributed by atoms with van der Waals surface area (Å²) >= 11 is 0. The summed E-state index contributed by atoms with van der Waals surface area (Å²) in [7, 11) is 0. The number of nitrogens with one attached hydrogen (secondary N) is 1. The van der Waals surface area contributed by atoms with Crippen LogP contribution in [0.25, 0.3) is 0 Å². The van der Waals surface area contributed by atoms with Crippen molar-refractivity contribution in [3.63, 3.8) is 0 Å². The first-order chi connectivity index (χ1) is 9.13. The second-order valence-electron chi connectivity index (χ2n) is 3.62. The number of nitriles is 1. The lowest BCUT2D eigenvalue weighted by atomic mass is 10.1. The van der Waals surface area contributed by atoms with E-state index >= 15 is 0 Å². The monoisotopic (exact) mass is 257 g/mol. The molecule has 0 aliphatic heterocycles. The van der Waals surface area contributed by atoms with Crippen LogP contribution in [0.5, 0.6) is 5.75 Å². The summed E-state index contributed by atoms with van der Waals surface area (Å²) in [6.45, 7) is 0. The van der Waals surface area contributed by atoms with Crippen molar-refractivity contribution < 1.29 is 14.3 Å². The standard InChI is InChI=1S/C13H8FN3O2/c14-10-2-1-3-11(9(10)6-15)17-13(19)8-4-5-16-7-12(8)18/h1-5,7,18H,(H,17,19). The maximum absolute atomic E-state index is 13.3. The largest absolute Gasteiger partial charge is 0.505 e. The predicted molar refractivity (Wildman–Crippen MR) is 65.0 cm³/mol. The molecule has 0 unspecified atom stereocenters. The van der Waals surface area contributed by atoms with Gasteiger partial charge in [0.05, 0.1) is 17.4 Å². The molecule has 1 heterocycles. The minimum absolute atomic E-state index is 0.0110. The number of anilines is 1. The van der Waals surface area contributed by atoms with Crippen molar-refractivity contribution in [2.45, 2.75) is 0 Å². The summed E-state index contributed by atoms with van der Waals surface area (Å²) < 4.78 is 13.3. The Hall–Kier alpha value is -2.94. The van der Waals surface area contributed by atoms with Crippen LogP contribution in [-0.2, 0) is 0 Å². The smallest absolute Gasteiger partial charge is 0.259 e. The number of benzene rings is 1. The normalized spacial score (nSPS) is 9.68. The molecule has 1 aromatic carbocycles. The highest BCUT2D eigenvalue weighted by atomic mass is 19.1. The van der Waals surface area contributed by atoms with Gasteiger partial charge < -0.3 is 10.4 Å². The zero-order chi connectivity index (χ0) is 13.8. The van der Waals surface area contributed by atoms with Gasteiger partial charge in [0.15, 0.2) is 0 Å². The van der Waals surface area contributed by atoms with Crippen LogP contribution in [-0.4, -0.2) is 16.0 Å². The second kappa shape index (κ2) is 5.14. The highest BCUT2D eigenvalue weighted by Gasteiger charge is 2.14. The van der Waals surface area contributed by atoms with Crippen LogP contribution in [0.2, 0.25) is 0 Å². The van der Waals surface area contributed by atoms with E-state index in [1.807, 2.05) is 0 Å². The van der Waals surface area contributed by atoms with Gasteiger partial charge in [-0.15, -0.1) is 0 Å². The summed E-state index contributed by atoms with van der Waals surface area (Å²) in [5.74, 6) is -1.67. The summed E-state index contributed by atoms with van der Waals surface area (Å²) in [5, 5.41) is 20.7. The Balaban J connectivity index is 2.33. The molecule has 0 aliphatic rings. The van der Waals surface area contributed by atoms with Crippen LogP contribution >= 0.6 is 0 Å². The fraction of sp³-hybridized carbons (Fsp3) is 0. The number of pyridine rings is 1. The lowest BCUT2D eigenvalue weighted by molar-refractivity contribution is 0.102. The van der Waals surface area contributed by atoms with Gasteiger partial charge in [0.1, 0.15) is 23.2 Å². The molecule has 0 saturated heterocycles. The van der Waals surface area contributed by atoms with Crippen LogP contribution in [0.4, 0.5) is 10.1 Å². The van der Waals surface area contributed by atoms with Crippen LogP contribution in [0.3, 0.4) is 0 Å².